The lowest BCUT2D eigenvalue weighted by Crippen LogP contribution is -2.60. The van der Waals surface area contributed by atoms with E-state index in [4.69, 9.17) is 0 Å². The minimum atomic E-state index is 0.798. The molecule has 1 aromatic carbocycles. The van der Waals surface area contributed by atoms with E-state index in [9.17, 15) is 0 Å². The second-order valence-electron chi connectivity index (χ2n) is 8.20. The lowest BCUT2D eigenvalue weighted by atomic mass is 9.93. The van der Waals surface area contributed by atoms with Gasteiger partial charge in [0.1, 0.15) is 0 Å². The first-order valence-corrected chi connectivity index (χ1v) is 11.4. The molecule has 0 aromatic heterocycles. The molecule has 1 aliphatic heterocycles. The summed E-state index contributed by atoms with van der Waals surface area (Å²) in [6.07, 6.45) is 14.2. The van der Waals surface area contributed by atoms with Crippen molar-refractivity contribution in [2.75, 3.05) is 24.9 Å². The molecule has 1 heterocycles. The molecule has 0 amide bonds. The van der Waals surface area contributed by atoms with Crippen molar-refractivity contribution in [3.63, 3.8) is 0 Å². The van der Waals surface area contributed by atoms with Crippen LogP contribution in [-0.4, -0.2) is 41.9 Å². The third-order valence-corrected chi connectivity index (χ3v) is 7.16. The highest BCUT2D eigenvalue weighted by molar-refractivity contribution is 14.1. The zero-order chi connectivity index (χ0) is 17.1. The Hall–Kier alpha value is -0.330. The van der Waals surface area contributed by atoms with Gasteiger partial charge < -0.3 is 4.90 Å². The summed E-state index contributed by atoms with van der Waals surface area (Å²) >= 11 is 2.41. The van der Waals surface area contributed by atoms with Gasteiger partial charge in [-0.15, -0.1) is 0 Å². The molecule has 4 heteroatoms. The highest BCUT2D eigenvalue weighted by Gasteiger charge is 2.33. The van der Waals surface area contributed by atoms with Gasteiger partial charge in [-0.1, -0.05) is 38.5 Å². The van der Waals surface area contributed by atoms with Crippen LogP contribution in [0.5, 0.6) is 0 Å². The van der Waals surface area contributed by atoms with E-state index >= 15 is 0 Å². The average Bonchev–Trinajstić information content (AvgIpc) is 2.69. The average molecular weight is 453 g/mol. The first kappa shape index (κ1) is 18.1. The number of rotatable bonds is 3. The van der Waals surface area contributed by atoms with E-state index in [1.807, 2.05) is 0 Å². The number of benzene rings is 1. The van der Waals surface area contributed by atoms with E-state index in [1.165, 1.54) is 80.1 Å². The third kappa shape index (κ3) is 4.51. The van der Waals surface area contributed by atoms with Gasteiger partial charge in [-0.25, -0.2) is 0 Å². The van der Waals surface area contributed by atoms with Gasteiger partial charge in [-0.2, -0.15) is 0 Å². The Morgan fingerprint density at radius 1 is 0.640 bits per heavy atom. The number of hydrogen-bond donors (Lipinski definition) is 0. The molecule has 2 saturated carbocycles. The van der Waals surface area contributed by atoms with Crippen LogP contribution in [0.3, 0.4) is 0 Å². The molecule has 3 fully saturated rings. The predicted octanol–water partition coefficient (Wildman–Crippen LogP) is 5.25. The standard InChI is InChI=1S/C21H32IN3/c22-18-11-13-21(14-12-18)25-16-23(19-7-3-1-4-8-19)15-24(17-25)20-9-5-2-6-10-20/h11-14,19-20H,1-10,15-17H2. The van der Waals surface area contributed by atoms with Crippen LogP contribution in [0.1, 0.15) is 64.2 Å². The molecule has 25 heavy (non-hydrogen) atoms. The van der Waals surface area contributed by atoms with Crippen LogP contribution in [0.2, 0.25) is 0 Å². The Bertz CT molecular complexity index is 509. The van der Waals surface area contributed by atoms with Crippen LogP contribution in [0.25, 0.3) is 0 Å². The first-order valence-electron chi connectivity index (χ1n) is 10.3. The monoisotopic (exact) mass is 453 g/mol. The van der Waals surface area contributed by atoms with E-state index in [0.29, 0.717) is 0 Å². The summed E-state index contributed by atoms with van der Waals surface area (Å²) in [5, 5.41) is 0. The van der Waals surface area contributed by atoms with E-state index in [0.717, 1.165) is 25.4 Å². The van der Waals surface area contributed by atoms with Gasteiger partial charge >= 0.3 is 0 Å². The molecular weight excluding hydrogens is 421 g/mol. The van der Waals surface area contributed by atoms with E-state index in [2.05, 4.69) is 61.6 Å². The molecule has 138 valence electrons. The Labute approximate surface area is 166 Å². The molecule has 0 unspecified atom stereocenters. The van der Waals surface area contributed by atoms with Crippen LogP contribution in [0.4, 0.5) is 5.69 Å². The quantitative estimate of drug-likeness (QED) is 0.579. The predicted molar refractivity (Wildman–Crippen MR) is 114 cm³/mol. The number of hydrogen-bond acceptors (Lipinski definition) is 3. The zero-order valence-corrected chi connectivity index (χ0v) is 17.5. The maximum absolute atomic E-state index is 2.79. The largest absolute Gasteiger partial charge is 0.345 e. The molecule has 3 aliphatic rings. The second-order valence-corrected chi connectivity index (χ2v) is 9.45. The zero-order valence-electron chi connectivity index (χ0n) is 15.4. The van der Waals surface area contributed by atoms with Crippen molar-refractivity contribution in [3.05, 3.63) is 27.8 Å². The molecule has 0 spiro atoms. The van der Waals surface area contributed by atoms with Crippen LogP contribution in [-0.2, 0) is 0 Å². The van der Waals surface area contributed by atoms with Crippen LogP contribution >= 0.6 is 22.6 Å². The minimum Gasteiger partial charge on any atom is -0.345 e. The maximum atomic E-state index is 2.79. The van der Waals surface area contributed by atoms with E-state index < -0.39 is 0 Å². The summed E-state index contributed by atoms with van der Waals surface area (Å²) in [5.41, 5.74) is 1.39. The summed E-state index contributed by atoms with van der Waals surface area (Å²) in [6.45, 7) is 3.40. The molecule has 1 aromatic rings. The Kier molecular flexibility index (Phi) is 6.19. The topological polar surface area (TPSA) is 9.72 Å². The lowest BCUT2D eigenvalue weighted by molar-refractivity contribution is 0.00641. The summed E-state index contributed by atoms with van der Waals surface area (Å²) in [7, 11) is 0. The van der Waals surface area contributed by atoms with Gasteiger partial charge in [0.05, 0.1) is 20.0 Å². The SMILES string of the molecule is Ic1ccc(N2CN(C3CCCCC3)CN(C3CCCCC3)C2)cc1. The molecule has 2 aliphatic carbocycles. The molecule has 0 N–H and O–H groups in total. The van der Waals surface area contributed by atoms with Crippen LogP contribution in [0.15, 0.2) is 24.3 Å². The Balaban J connectivity index is 1.52. The Morgan fingerprint density at radius 2 is 1.12 bits per heavy atom. The third-order valence-electron chi connectivity index (χ3n) is 6.44. The fraction of sp³-hybridized carbons (Fsp3) is 0.714. The van der Waals surface area contributed by atoms with Crippen molar-refractivity contribution < 1.29 is 0 Å². The normalized spacial score (nSPS) is 25.4. The molecule has 3 nitrogen and oxygen atoms in total. The van der Waals surface area contributed by atoms with E-state index in [-0.39, 0.29) is 0 Å². The molecular formula is C21H32IN3. The van der Waals surface area contributed by atoms with Crippen molar-refractivity contribution in [1.29, 1.82) is 0 Å². The van der Waals surface area contributed by atoms with E-state index in [1.54, 1.807) is 0 Å². The summed E-state index contributed by atoms with van der Waals surface area (Å²) in [4.78, 5) is 8.19. The summed E-state index contributed by atoms with van der Waals surface area (Å²) in [5.74, 6) is 0. The minimum absolute atomic E-state index is 0.798. The van der Waals surface area contributed by atoms with Crippen molar-refractivity contribution in [2.45, 2.75) is 76.3 Å². The van der Waals surface area contributed by atoms with Gasteiger partial charge in [0.25, 0.3) is 0 Å². The number of anilines is 1. The fourth-order valence-electron chi connectivity index (χ4n) is 4.98. The smallest absolute Gasteiger partial charge is 0.0733 e. The molecule has 1 saturated heterocycles. The van der Waals surface area contributed by atoms with Crippen molar-refractivity contribution in [3.8, 4) is 0 Å². The van der Waals surface area contributed by atoms with Gasteiger partial charge in [0.2, 0.25) is 0 Å². The highest BCUT2D eigenvalue weighted by Crippen LogP contribution is 2.30. The van der Waals surface area contributed by atoms with Crippen LogP contribution in [0, 0.1) is 3.57 Å². The first-order chi connectivity index (χ1) is 12.3. The fourth-order valence-corrected chi connectivity index (χ4v) is 5.34. The summed E-state index contributed by atoms with van der Waals surface area (Å²) in [6, 6.07) is 10.7. The Morgan fingerprint density at radius 3 is 1.60 bits per heavy atom. The maximum Gasteiger partial charge on any atom is 0.0733 e. The number of halogens is 1. The lowest BCUT2D eigenvalue weighted by Gasteiger charge is -2.50. The van der Waals surface area contributed by atoms with Gasteiger partial charge in [-0.05, 0) is 72.5 Å². The molecule has 0 bridgehead atoms. The van der Waals surface area contributed by atoms with Gasteiger partial charge in [0, 0.05) is 21.3 Å². The van der Waals surface area contributed by atoms with Crippen molar-refractivity contribution in [2.24, 2.45) is 0 Å². The van der Waals surface area contributed by atoms with Crippen molar-refractivity contribution >= 4 is 28.3 Å². The highest BCUT2D eigenvalue weighted by atomic mass is 127. The number of nitrogens with zero attached hydrogens (tertiary/aromatic N) is 3. The second kappa shape index (κ2) is 8.57. The summed E-state index contributed by atoms with van der Waals surface area (Å²) < 4.78 is 1.33. The van der Waals surface area contributed by atoms with Crippen LogP contribution < -0.4 is 4.90 Å². The molecule has 0 radical (unpaired) electrons. The molecule has 4 rings (SSSR count). The molecule has 0 atom stereocenters. The van der Waals surface area contributed by atoms with Crippen molar-refractivity contribution in [1.82, 2.24) is 9.80 Å². The van der Waals surface area contributed by atoms with Gasteiger partial charge in [-0.3, -0.25) is 9.80 Å². The van der Waals surface area contributed by atoms with Gasteiger partial charge in [0.15, 0.2) is 0 Å².